The molecule has 0 heterocycles. The van der Waals surface area contributed by atoms with Crippen LogP contribution in [0.4, 0.5) is 4.79 Å². The summed E-state index contributed by atoms with van der Waals surface area (Å²) in [6, 6.07) is 15.4. The van der Waals surface area contributed by atoms with E-state index in [0.717, 1.165) is 22.3 Å². The van der Waals surface area contributed by atoms with Gasteiger partial charge in [-0.05, 0) is 46.1 Å². The highest BCUT2D eigenvalue weighted by molar-refractivity contribution is 7.98. The minimum absolute atomic E-state index is 0.0221. The average molecular weight is 485 g/mol. The molecule has 2 amide bonds. The van der Waals surface area contributed by atoms with Crippen LogP contribution in [0.3, 0.4) is 0 Å². The predicted octanol–water partition coefficient (Wildman–Crippen LogP) is 4.26. The fourth-order valence-corrected chi connectivity index (χ4v) is 4.67. The Morgan fingerprint density at radius 3 is 2.21 bits per heavy atom. The Kier molecular flexibility index (Phi) is 8.61. The summed E-state index contributed by atoms with van der Waals surface area (Å²) >= 11 is 1.53. The Balaban J connectivity index is 1.50. The summed E-state index contributed by atoms with van der Waals surface area (Å²) < 4.78 is 5.55. The molecule has 34 heavy (non-hydrogen) atoms. The van der Waals surface area contributed by atoms with Crippen molar-refractivity contribution in [3.8, 4) is 11.1 Å². The van der Waals surface area contributed by atoms with E-state index < -0.39 is 23.5 Å². The van der Waals surface area contributed by atoms with E-state index in [1.807, 2.05) is 44.4 Å². The van der Waals surface area contributed by atoms with Crippen LogP contribution in [-0.4, -0.2) is 54.3 Å². The zero-order chi connectivity index (χ0) is 24.7. The number of alkyl carbamates (subject to hydrolysis) is 1. The smallest absolute Gasteiger partial charge is 0.407 e. The van der Waals surface area contributed by atoms with Crippen LogP contribution in [0.2, 0.25) is 0 Å². The summed E-state index contributed by atoms with van der Waals surface area (Å²) in [5.74, 6) is -0.778. The van der Waals surface area contributed by atoms with E-state index >= 15 is 0 Å². The highest BCUT2D eigenvalue weighted by Gasteiger charge is 2.30. The SMILES string of the molecule is CSCC[C@@H](NC(=O)CC(C)(C)CNC(=O)OCC1c2ccccc2-c2ccccc21)C(=O)O. The molecule has 182 valence electrons. The van der Waals surface area contributed by atoms with Gasteiger partial charge in [-0.1, -0.05) is 62.4 Å². The molecule has 1 aliphatic rings. The molecule has 7 nitrogen and oxygen atoms in total. The molecule has 0 unspecified atom stereocenters. The van der Waals surface area contributed by atoms with Gasteiger partial charge >= 0.3 is 12.1 Å². The Bertz CT molecular complexity index is 994. The molecule has 0 bridgehead atoms. The summed E-state index contributed by atoms with van der Waals surface area (Å²) in [7, 11) is 0. The lowest BCUT2D eigenvalue weighted by Gasteiger charge is -2.25. The van der Waals surface area contributed by atoms with Gasteiger partial charge < -0.3 is 20.5 Å². The molecule has 0 radical (unpaired) electrons. The van der Waals surface area contributed by atoms with Gasteiger partial charge in [0, 0.05) is 18.9 Å². The maximum Gasteiger partial charge on any atom is 0.407 e. The monoisotopic (exact) mass is 484 g/mol. The Morgan fingerprint density at radius 2 is 1.65 bits per heavy atom. The summed E-state index contributed by atoms with van der Waals surface area (Å²) in [5.41, 5.74) is 4.04. The zero-order valence-corrected chi connectivity index (χ0v) is 20.6. The van der Waals surface area contributed by atoms with Crippen LogP contribution in [0.5, 0.6) is 0 Å². The highest BCUT2D eigenvalue weighted by atomic mass is 32.2. The van der Waals surface area contributed by atoms with E-state index in [2.05, 4.69) is 34.9 Å². The molecule has 2 aromatic rings. The number of fused-ring (bicyclic) bond motifs is 3. The number of carbonyl (C=O) groups is 3. The number of hydrogen-bond donors (Lipinski definition) is 3. The molecule has 1 atom stereocenters. The largest absolute Gasteiger partial charge is 0.480 e. The van der Waals surface area contributed by atoms with Crippen LogP contribution in [-0.2, 0) is 14.3 Å². The minimum atomic E-state index is -1.04. The summed E-state index contributed by atoms with van der Waals surface area (Å²) in [6.07, 6.45) is 1.79. The first-order chi connectivity index (χ1) is 16.2. The maximum absolute atomic E-state index is 12.4. The summed E-state index contributed by atoms with van der Waals surface area (Å²) in [6.45, 7) is 4.12. The second-order valence-corrected chi connectivity index (χ2v) is 10.2. The second kappa shape index (κ2) is 11.4. The molecular weight excluding hydrogens is 452 g/mol. The third-order valence-electron chi connectivity index (χ3n) is 5.94. The third-order valence-corrected chi connectivity index (χ3v) is 6.58. The van der Waals surface area contributed by atoms with E-state index in [0.29, 0.717) is 12.2 Å². The maximum atomic E-state index is 12.4. The van der Waals surface area contributed by atoms with E-state index in [1.165, 1.54) is 11.8 Å². The minimum Gasteiger partial charge on any atom is -0.480 e. The molecule has 0 saturated heterocycles. The number of benzene rings is 2. The zero-order valence-electron chi connectivity index (χ0n) is 19.8. The normalized spacial score (nSPS) is 13.5. The number of rotatable bonds is 11. The number of amides is 2. The van der Waals surface area contributed by atoms with E-state index in [9.17, 15) is 19.5 Å². The molecule has 3 rings (SSSR count). The number of nitrogens with one attached hydrogen (secondary N) is 2. The van der Waals surface area contributed by atoms with Crippen LogP contribution in [0.1, 0.15) is 43.7 Å². The number of ether oxygens (including phenoxy) is 1. The van der Waals surface area contributed by atoms with Crippen molar-refractivity contribution >= 4 is 29.7 Å². The molecular formula is C26H32N2O5S. The first kappa shape index (κ1) is 25.6. The number of aliphatic carboxylic acids is 1. The van der Waals surface area contributed by atoms with E-state index in [1.54, 1.807) is 0 Å². The van der Waals surface area contributed by atoms with Crippen LogP contribution in [0, 0.1) is 5.41 Å². The molecule has 0 fully saturated rings. The Labute approximate surface area is 204 Å². The first-order valence-electron chi connectivity index (χ1n) is 11.3. The predicted molar refractivity (Wildman–Crippen MR) is 134 cm³/mol. The van der Waals surface area contributed by atoms with Crippen molar-refractivity contribution in [3.63, 3.8) is 0 Å². The summed E-state index contributed by atoms with van der Waals surface area (Å²) in [5, 5.41) is 14.6. The van der Waals surface area contributed by atoms with Gasteiger partial charge in [-0.25, -0.2) is 9.59 Å². The van der Waals surface area contributed by atoms with Gasteiger partial charge in [0.15, 0.2) is 0 Å². The van der Waals surface area contributed by atoms with Crippen molar-refractivity contribution in [2.24, 2.45) is 5.41 Å². The Morgan fingerprint density at radius 1 is 1.06 bits per heavy atom. The van der Waals surface area contributed by atoms with Crippen LogP contribution >= 0.6 is 11.8 Å². The molecule has 0 spiro atoms. The van der Waals surface area contributed by atoms with Gasteiger partial charge in [0.25, 0.3) is 0 Å². The summed E-state index contributed by atoms with van der Waals surface area (Å²) in [4.78, 5) is 36.2. The molecule has 8 heteroatoms. The number of hydrogen-bond acceptors (Lipinski definition) is 5. The van der Waals surface area contributed by atoms with Crippen molar-refractivity contribution in [1.82, 2.24) is 10.6 Å². The quantitative estimate of drug-likeness (QED) is 0.440. The topological polar surface area (TPSA) is 105 Å². The molecule has 0 aromatic heterocycles. The van der Waals surface area contributed by atoms with Crippen LogP contribution in [0.15, 0.2) is 48.5 Å². The lowest BCUT2D eigenvalue weighted by Crippen LogP contribution is -2.44. The van der Waals surface area contributed by atoms with E-state index in [-0.39, 0.29) is 31.4 Å². The van der Waals surface area contributed by atoms with Gasteiger partial charge in [0.2, 0.25) is 5.91 Å². The first-order valence-corrected chi connectivity index (χ1v) is 12.7. The number of carboxylic acids is 1. The van der Waals surface area contributed by atoms with Gasteiger partial charge in [-0.15, -0.1) is 0 Å². The molecule has 3 N–H and O–H groups in total. The highest BCUT2D eigenvalue weighted by Crippen LogP contribution is 2.44. The fraction of sp³-hybridized carbons (Fsp3) is 0.423. The van der Waals surface area contributed by atoms with E-state index in [4.69, 9.17) is 4.74 Å². The molecule has 2 aromatic carbocycles. The van der Waals surface area contributed by atoms with Crippen LogP contribution in [0.25, 0.3) is 11.1 Å². The lowest BCUT2D eigenvalue weighted by atomic mass is 9.89. The van der Waals surface area contributed by atoms with Gasteiger partial charge in [0.05, 0.1) is 0 Å². The number of carboxylic acid groups (broad SMARTS) is 1. The van der Waals surface area contributed by atoms with Gasteiger partial charge in [0.1, 0.15) is 12.6 Å². The standard InChI is InChI=1S/C26H32N2O5S/c1-26(2,14-23(29)28-22(24(30)31)12-13-34-3)16-27-25(32)33-15-21-19-10-6-4-8-17(19)18-9-5-7-11-20(18)21/h4-11,21-22H,12-16H2,1-3H3,(H,27,32)(H,28,29)(H,30,31)/t22-/m1/s1. The average Bonchev–Trinajstić information content (AvgIpc) is 3.12. The third kappa shape index (κ3) is 6.53. The van der Waals surface area contributed by atoms with Crippen molar-refractivity contribution in [3.05, 3.63) is 59.7 Å². The van der Waals surface area contributed by atoms with Crippen molar-refractivity contribution in [1.29, 1.82) is 0 Å². The lowest BCUT2D eigenvalue weighted by molar-refractivity contribution is -0.142. The van der Waals surface area contributed by atoms with Crippen molar-refractivity contribution in [2.45, 2.75) is 38.6 Å². The number of thioether (sulfide) groups is 1. The van der Waals surface area contributed by atoms with Gasteiger partial charge in [-0.2, -0.15) is 11.8 Å². The Hall–Kier alpha value is -3.00. The fourth-order valence-electron chi connectivity index (χ4n) is 4.20. The van der Waals surface area contributed by atoms with Crippen molar-refractivity contribution in [2.75, 3.05) is 25.2 Å². The number of carbonyl (C=O) groups excluding carboxylic acids is 2. The second-order valence-electron chi connectivity index (χ2n) is 9.26. The molecule has 0 saturated carbocycles. The van der Waals surface area contributed by atoms with Crippen molar-refractivity contribution < 1.29 is 24.2 Å². The molecule has 0 aliphatic heterocycles. The van der Waals surface area contributed by atoms with Crippen LogP contribution < -0.4 is 10.6 Å². The van der Waals surface area contributed by atoms with Gasteiger partial charge in [-0.3, -0.25) is 4.79 Å². The molecule has 1 aliphatic carbocycles.